The van der Waals surface area contributed by atoms with Crippen LogP contribution in [0.15, 0.2) is 30.3 Å². The van der Waals surface area contributed by atoms with Crippen molar-refractivity contribution in [3.8, 4) is 11.3 Å². The zero-order valence-corrected chi connectivity index (χ0v) is 14.7. The molecule has 1 heterocycles. The second-order valence-corrected chi connectivity index (χ2v) is 5.72. The molecule has 1 aromatic carbocycles. The fourth-order valence-corrected chi connectivity index (χ4v) is 2.59. The standard InChI is InChI=1S/C14H15F2N3OS.2ClH/c1-9-19-11(10-5-3-2-4-6-10)12(21-9)13(20)18-8-14(15,16)7-17;;/h2-6H,7-8,17H2,1H3,(H,18,20);2*1H. The van der Waals surface area contributed by atoms with Gasteiger partial charge in [0.1, 0.15) is 4.88 Å². The molecular formula is C14H17Cl2F2N3OS. The van der Waals surface area contributed by atoms with Crippen LogP contribution in [0.25, 0.3) is 11.3 Å². The minimum atomic E-state index is -3.11. The summed E-state index contributed by atoms with van der Waals surface area (Å²) in [5, 5.41) is 2.91. The summed E-state index contributed by atoms with van der Waals surface area (Å²) in [6.45, 7) is 0.177. The van der Waals surface area contributed by atoms with Gasteiger partial charge in [-0.25, -0.2) is 13.8 Å². The lowest BCUT2D eigenvalue weighted by atomic mass is 10.1. The summed E-state index contributed by atoms with van der Waals surface area (Å²) in [7, 11) is 0. The number of thiazole rings is 1. The minimum Gasteiger partial charge on any atom is -0.345 e. The predicted molar refractivity (Wildman–Crippen MR) is 93.1 cm³/mol. The number of aromatic nitrogens is 1. The fourth-order valence-electron chi connectivity index (χ4n) is 1.73. The molecule has 0 saturated heterocycles. The number of aryl methyl sites for hydroxylation is 1. The van der Waals surface area contributed by atoms with E-state index < -0.39 is 24.9 Å². The van der Waals surface area contributed by atoms with Gasteiger partial charge in [-0.15, -0.1) is 36.2 Å². The molecule has 0 fully saturated rings. The molecule has 0 aliphatic carbocycles. The van der Waals surface area contributed by atoms with Gasteiger partial charge in [0.25, 0.3) is 11.8 Å². The first-order valence-corrected chi connectivity index (χ1v) is 7.13. The lowest BCUT2D eigenvalue weighted by Crippen LogP contribution is -2.41. The number of carbonyl (C=O) groups is 1. The van der Waals surface area contributed by atoms with Gasteiger partial charge in [-0.05, 0) is 6.92 Å². The van der Waals surface area contributed by atoms with Crippen molar-refractivity contribution in [2.75, 3.05) is 13.1 Å². The average Bonchev–Trinajstić information content (AvgIpc) is 2.88. The van der Waals surface area contributed by atoms with E-state index in [1.165, 1.54) is 11.3 Å². The number of alkyl halides is 2. The van der Waals surface area contributed by atoms with Gasteiger partial charge in [0.15, 0.2) is 0 Å². The first-order valence-electron chi connectivity index (χ1n) is 6.32. The Morgan fingerprint density at radius 2 is 1.91 bits per heavy atom. The number of hydrogen-bond acceptors (Lipinski definition) is 4. The third-order valence-corrected chi connectivity index (χ3v) is 3.76. The molecule has 1 aromatic heterocycles. The third-order valence-electron chi connectivity index (χ3n) is 2.79. The van der Waals surface area contributed by atoms with E-state index in [2.05, 4.69) is 10.3 Å². The van der Waals surface area contributed by atoms with E-state index in [0.717, 1.165) is 5.56 Å². The Morgan fingerprint density at radius 1 is 1.30 bits per heavy atom. The van der Waals surface area contributed by atoms with Crippen LogP contribution in [0, 0.1) is 6.92 Å². The highest BCUT2D eigenvalue weighted by atomic mass is 35.5. The number of nitrogens with two attached hydrogens (primary N) is 1. The molecule has 0 spiro atoms. The maximum atomic E-state index is 13.1. The molecule has 0 radical (unpaired) electrons. The van der Waals surface area contributed by atoms with Crippen LogP contribution in [-0.2, 0) is 0 Å². The summed E-state index contributed by atoms with van der Waals surface area (Å²) in [6, 6.07) is 9.15. The molecule has 3 N–H and O–H groups in total. The molecule has 0 unspecified atom stereocenters. The van der Waals surface area contributed by atoms with Crippen LogP contribution in [0.3, 0.4) is 0 Å². The lowest BCUT2D eigenvalue weighted by Gasteiger charge is -2.14. The highest BCUT2D eigenvalue weighted by molar-refractivity contribution is 7.14. The predicted octanol–water partition coefficient (Wildman–Crippen LogP) is 3.29. The van der Waals surface area contributed by atoms with Crippen molar-refractivity contribution < 1.29 is 13.6 Å². The summed E-state index contributed by atoms with van der Waals surface area (Å²) < 4.78 is 26.2. The maximum Gasteiger partial charge on any atom is 0.277 e. The summed E-state index contributed by atoms with van der Waals surface area (Å²) in [5.41, 5.74) is 6.23. The van der Waals surface area contributed by atoms with E-state index >= 15 is 0 Å². The molecule has 128 valence electrons. The number of rotatable bonds is 5. The van der Waals surface area contributed by atoms with Crippen molar-refractivity contribution in [1.29, 1.82) is 0 Å². The fraction of sp³-hybridized carbons (Fsp3) is 0.286. The van der Waals surface area contributed by atoms with E-state index in [1.807, 2.05) is 30.3 Å². The molecule has 0 aliphatic heterocycles. The molecule has 4 nitrogen and oxygen atoms in total. The Hall–Kier alpha value is -1.28. The van der Waals surface area contributed by atoms with Gasteiger partial charge >= 0.3 is 0 Å². The minimum absolute atomic E-state index is 0. The van der Waals surface area contributed by atoms with Crippen molar-refractivity contribution in [2.45, 2.75) is 12.8 Å². The molecule has 1 amide bonds. The van der Waals surface area contributed by atoms with Crippen molar-refractivity contribution in [3.05, 3.63) is 40.2 Å². The van der Waals surface area contributed by atoms with E-state index in [-0.39, 0.29) is 24.8 Å². The second-order valence-electron chi connectivity index (χ2n) is 4.52. The third kappa shape index (κ3) is 5.69. The topological polar surface area (TPSA) is 68.0 Å². The van der Waals surface area contributed by atoms with Gasteiger partial charge in [0.05, 0.1) is 23.8 Å². The van der Waals surface area contributed by atoms with Crippen LogP contribution in [0.2, 0.25) is 0 Å². The van der Waals surface area contributed by atoms with Gasteiger partial charge in [-0.2, -0.15) is 0 Å². The number of benzene rings is 1. The summed E-state index contributed by atoms with van der Waals surface area (Å²) in [5.74, 6) is -3.67. The van der Waals surface area contributed by atoms with E-state index in [9.17, 15) is 13.6 Å². The summed E-state index contributed by atoms with van der Waals surface area (Å²) in [4.78, 5) is 16.7. The number of nitrogens with zero attached hydrogens (tertiary/aromatic N) is 1. The number of halogens is 4. The van der Waals surface area contributed by atoms with Crippen LogP contribution in [0.4, 0.5) is 8.78 Å². The Balaban J connectivity index is 0.00000242. The quantitative estimate of drug-likeness (QED) is 0.832. The summed E-state index contributed by atoms with van der Waals surface area (Å²) >= 11 is 1.18. The highest BCUT2D eigenvalue weighted by Crippen LogP contribution is 2.27. The van der Waals surface area contributed by atoms with Crippen molar-refractivity contribution in [3.63, 3.8) is 0 Å². The monoisotopic (exact) mass is 383 g/mol. The van der Waals surface area contributed by atoms with Crippen LogP contribution in [0.1, 0.15) is 14.7 Å². The SMILES string of the molecule is Cc1nc(-c2ccccc2)c(C(=O)NCC(F)(F)CN)s1.Cl.Cl. The molecule has 0 saturated carbocycles. The van der Waals surface area contributed by atoms with Gasteiger partial charge in [-0.3, -0.25) is 4.79 Å². The van der Waals surface area contributed by atoms with Crippen molar-refractivity contribution >= 4 is 42.1 Å². The normalized spacial score (nSPS) is 10.4. The molecular weight excluding hydrogens is 367 g/mol. The molecule has 0 bridgehead atoms. The number of hydrogen-bond donors (Lipinski definition) is 2. The Kier molecular flexibility index (Phi) is 8.61. The maximum absolute atomic E-state index is 13.1. The van der Waals surface area contributed by atoms with Gasteiger partial charge in [0.2, 0.25) is 0 Å². The zero-order chi connectivity index (χ0) is 15.5. The Labute approximate surface area is 149 Å². The molecule has 9 heteroatoms. The number of carbonyl (C=O) groups excluding carboxylic acids is 1. The van der Waals surface area contributed by atoms with E-state index in [0.29, 0.717) is 15.6 Å². The smallest absolute Gasteiger partial charge is 0.277 e. The zero-order valence-electron chi connectivity index (χ0n) is 12.2. The highest BCUT2D eigenvalue weighted by Gasteiger charge is 2.28. The van der Waals surface area contributed by atoms with Crippen molar-refractivity contribution in [1.82, 2.24) is 10.3 Å². The van der Waals surface area contributed by atoms with E-state index in [1.54, 1.807) is 6.92 Å². The first-order chi connectivity index (χ1) is 9.93. The first kappa shape index (κ1) is 21.7. The Bertz CT molecular complexity index is 638. The molecule has 23 heavy (non-hydrogen) atoms. The molecule has 0 atom stereocenters. The van der Waals surface area contributed by atoms with Gasteiger partial charge < -0.3 is 11.1 Å². The average molecular weight is 384 g/mol. The number of nitrogens with one attached hydrogen (secondary N) is 1. The van der Waals surface area contributed by atoms with Gasteiger partial charge in [-0.1, -0.05) is 30.3 Å². The second kappa shape index (κ2) is 9.12. The molecule has 2 rings (SSSR count). The van der Waals surface area contributed by atoms with Crippen LogP contribution in [-0.4, -0.2) is 29.9 Å². The van der Waals surface area contributed by atoms with Crippen LogP contribution in [0.5, 0.6) is 0 Å². The van der Waals surface area contributed by atoms with Crippen LogP contribution < -0.4 is 11.1 Å². The van der Waals surface area contributed by atoms with Crippen molar-refractivity contribution in [2.24, 2.45) is 5.73 Å². The summed E-state index contributed by atoms with van der Waals surface area (Å²) in [6.07, 6.45) is 0. The Morgan fingerprint density at radius 3 is 2.48 bits per heavy atom. The van der Waals surface area contributed by atoms with E-state index in [4.69, 9.17) is 5.73 Å². The van der Waals surface area contributed by atoms with Gasteiger partial charge in [0, 0.05) is 5.56 Å². The number of amides is 1. The largest absolute Gasteiger partial charge is 0.345 e. The lowest BCUT2D eigenvalue weighted by molar-refractivity contribution is 0.0119. The molecule has 2 aromatic rings. The molecule has 0 aliphatic rings. The van der Waals surface area contributed by atoms with Crippen LogP contribution >= 0.6 is 36.2 Å².